The van der Waals surface area contributed by atoms with Crippen LogP contribution in [0.3, 0.4) is 0 Å². The van der Waals surface area contributed by atoms with Gasteiger partial charge in [-0.3, -0.25) is 4.79 Å². The molecule has 20 heavy (non-hydrogen) atoms. The standard InChI is InChI=1S/C13H13BrN2O4/c1-3-19-12-10-7(5-9(14)16-12)11(17)8(6-15-10)13(18)20-4-2/h5-6H,3-4H2,1-2H3,(H,15,17). The number of halogens is 1. The molecular weight excluding hydrogens is 328 g/mol. The summed E-state index contributed by atoms with van der Waals surface area (Å²) in [4.78, 5) is 31.1. The predicted octanol–water partition coefficient (Wildman–Crippen LogP) is 2.26. The van der Waals surface area contributed by atoms with Crippen LogP contribution >= 0.6 is 15.9 Å². The smallest absolute Gasteiger partial charge is 0.343 e. The summed E-state index contributed by atoms with van der Waals surface area (Å²) >= 11 is 3.22. The summed E-state index contributed by atoms with van der Waals surface area (Å²) in [5.74, 6) is -0.342. The number of aromatic amines is 1. The summed E-state index contributed by atoms with van der Waals surface area (Å²) < 4.78 is 10.7. The lowest BCUT2D eigenvalue weighted by Gasteiger charge is -2.08. The van der Waals surface area contributed by atoms with Crippen LogP contribution < -0.4 is 10.2 Å². The summed E-state index contributed by atoms with van der Waals surface area (Å²) in [7, 11) is 0. The Kier molecular flexibility index (Phi) is 4.39. The maximum Gasteiger partial charge on any atom is 0.343 e. The highest BCUT2D eigenvalue weighted by Crippen LogP contribution is 2.23. The van der Waals surface area contributed by atoms with E-state index < -0.39 is 11.4 Å². The highest BCUT2D eigenvalue weighted by atomic mass is 79.9. The Hall–Kier alpha value is -1.89. The molecule has 0 aliphatic carbocycles. The Balaban J connectivity index is 2.67. The van der Waals surface area contributed by atoms with Crippen LogP contribution in [-0.2, 0) is 4.74 Å². The van der Waals surface area contributed by atoms with Crippen molar-refractivity contribution in [1.29, 1.82) is 0 Å². The number of hydrogen-bond donors (Lipinski definition) is 1. The van der Waals surface area contributed by atoms with Gasteiger partial charge in [-0.05, 0) is 35.8 Å². The molecule has 0 spiro atoms. The van der Waals surface area contributed by atoms with Crippen molar-refractivity contribution in [2.45, 2.75) is 13.8 Å². The monoisotopic (exact) mass is 340 g/mol. The van der Waals surface area contributed by atoms with Crippen molar-refractivity contribution in [3.05, 3.63) is 32.7 Å². The molecular formula is C13H13BrN2O4. The Labute approximate surface area is 123 Å². The van der Waals surface area contributed by atoms with Crippen molar-refractivity contribution in [2.75, 3.05) is 13.2 Å². The van der Waals surface area contributed by atoms with Gasteiger partial charge in [0.25, 0.3) is 0 Å². The van der Waals surface area contributed by atoms with E-state index in [1.54, 1.807) is 13.0 Å². The largest absolute Gasteiger partial charge is 0.476 e. The van der Waals surface area contributed by atoms with Crippen LogP contribution in [0.25, 0.3) is 10.9 Å². The van der Waals surface area contributed by atoms with Crippen LogP contribution in [0.1, 0.15) is 24.2 Å². The van der Waals surface area contributed by atoms with Crippen LogP contribution in [0.5, 0.6) is 5.88 Å². The number of esters is 1. The summed E-state index contributed by atoms with van der Waals surface area (Å²) in [6, 6.07) is 1.54. The van der Waals surface area contributed by atoms with E-state index in [1.807, 2.05) is 6.92 Å². The summed E-state index contributed by atoms with van der Waals surface area (Å²) in [5, 5.41) is 0.320. The van der Waals surface area contributed by atoms with E-state index in [9.17, 15) is 9.59 Å². The Morgan fingerprint density at radius 3 is 2.80 bits per heavy atom. The molecule has 0 aliphatic rings. The van der Waals surface area contributed by atoms with E-state index in [4.69, 9.17) is 9.47 Å². The molecule has 0 saturated heterocycles. The number of carbonyl (C=O) groups excluding carboxylic acids is 1. The third kappa shape index (κ3) is 2.67. The maximum atomic E-state index is 12.3. The van der Waals surface area contributed by atoms with E-state index in [0.29, 0.717) is 28.0 Å². The van der Waals surface area contributed by atoms with E-state index in [2.05, 4.69) is 25.9 Å². The lowest BCUT2D eigenvalue weighted by molar-refractivity contribution is 0.0524. The molecule has 1 N–H and O–H groups in total. The molecule has 0 saturated carbocycles. The third-order valence-electron chi connectivity index (χ3n) is 2.58. The van der Waals surface area contributed by atoms with Crippen molar-refractivity contribution >= 4 is 32.8 Å². The minimum Gasteiger partial charge on any atom is -0.476 e. The van der Waals surface area contributed by atoms with Crippen molar-refractivity contribution in [3.8, 4) is 5.88 Å². The molecule has 7 heteroatoms. The van der Waals surface area contributed by atoms with E-state index in [-0.39, 0.29) is 12.2 Å². The Morgan fingerprint density at radius 1 is 1.40 bits per heavy atom. The molecule has 106 valence electrons. The molecule has 2 aromatic heterocycles. The molecule has 0 aromatic carbocycles. The molecule has 0 radical (unpaired) electrons. The number of ether oxygens (including phenoxy) is 2. The van der Waals surface area contributed by atoms with Gasteiger partial charge in [0.1, 0.15) is 15.7 Å². The summed E-state index contributed by atoms with van der Waals surface area (Å²) in [5.41, 5.74) is -0.00532. The fourth-order valence-electron chi connectivity index (χ4n) is 1.77. The van der Waals surface area contributed by atoms with Crippen LogP contribution in [0.4, 0.5) is 0 Å². The first-order valence-electron chi connectivity index (χ1n) is 6.10. The van der Waals surface area contributed by atoms with E-state index >= 15 is 0 Å². The quantitative estimate of drug-likeness (QED) is 0.681. The fraction of sp³-hybridized carbons (Fsp3) is 0.308. The topological polar surface area (TPSA) is 81.3 Å². The molecule has 6 nitrogen and oxygen atoms in total. The van der Waals surface area contributed by atoms with Crippen LogP contribution in [-0.4, -0.2) is 29.2 Å². The predicted molar refractivity (Wildman–Crippen MR) is 77.2 cm³/mol. The van der Waals surface area contributed by atoms with Crippen LogP contribution in [0.15, 0.2) is 21.7 Å². The zero-order valence-corrected chi connectivity index (χ0v) is 12.6. The van der Waals surface area contributed by atoms with Gasteiger partial charge in [-0.2, -0.15) is 0 Å². The lowest BCUT2D eigenvalue weighted by atomic mass is 10.2. The second kappa shape index (κ2) is 6.04. The molecule has 2 rings (SSSR count). The minimum atomic E-state index is -0.651. The molecule has 2 aromatic rings. The van der Waals surface area contributed by atoms with Gasteiger partial charge in [0.15, 0.2) is 0 Å². The van der Waals surface area contributed by atoms with Gasteiger partial charge in [-0.15, -0.1) is 0 Å². The number of pyridine rings is 2. The molecule has 0 aliphatic heterocycles. The number of rotatable bonds is 4. The Bertz CT molecular complexity index is 711. The maximum absolute atomic E-state index is 12.3. The van der Waals surface area contributed by atoms with Gasteiger partial charge < -0.3 is 14.5 Å². The molecule has 0 bridgehead atoms. The zero-order chi connectivity index (χ0) is 14.7. The van der Waals surface area contributed by atoms with Gasteiger partial charge in [-0.1, -0.05) is 0 Å². The zero-order valence-electron chi connectivity index (χ0n) is 11.0. The average molecular weight is 341 g/mol. The number of aromatic nitrogens is 2. The van der Waals surface area contributed by atoms with Crippen LogP contribution in [0.2, 0.25) is 0 Å². The molecule has 0 unspecified atom stereocenters. The summed E-state index contributed by atoms with van der Waals surface area (Å²) in [6.07, 6.45) is 1.32. The van der Waals surface area contributed by atoms with E-state index in [1.165, 1.54) is 6.20 Å². The van der Waals surface area contributed by atoms with Gasteiger partial charge in [0.2, 0.25) is 11.3 Å². The minimum absolute atomic E-state index is 0.0418. The first-order chi connectivity index (χ1) is 9.58. The first-order valence-corrected chi connectivity index (χ1v) is 6.89. The first kappa shape index (κ1) is 14.5. The van der Waals surface area contributed by atoms with Gasteiger partial charge >= 0.3 is 5.97 Å². The summed E-state index contributed by atoms with van der Waals surface area (Å²) in [6.45, 7) is 4.13. The second-order valence-electron chi connectivity index (χ2n) is 3.86. The highest BCUT2D eigenvalue weighted by molar-refractivity contribution is 9.10. The van der Waals surface area contributed by atoms with E-state index in [0.717, 1.165) is 0 Å². The Morgan fingerprint density at radius 2 is 2.15 bits per heavy atom. The highest BCUT2D eigenvalue weighted by Gasteiger charge is 2.17. The molecule has 0 amide bonds. The van der Waals surface area contributed by atoms with Crippen molar-refractivity contribution in [2.24, 2.45) is 0 Å². The molecule has 2 heterocycles. The lowest BCUT2D eigenvalue weighted by Crippen LogP contribution is -2.18. The number of carbonyl (C=O) groups is 1. The normalized spacial score (nSPS) is 10.6. The van der Waals surface area contributed by atoms with Crippen molar-refractivity contribution < 1.29 is 14.3 Å². The fourth-order valence-corrected chi connectivity index (χ4v) is 2.16. The number of nitrogens with one attached hydrogen (secondary N) is 1. The van der Waals surface area contributed by atoms with Gasteiger partial charge in [0.05, 0.1) is 18.6 Å². The third-order valence-corrected chi connectivity index (χ3v) is 2.99. The molecule has 0 atom stereocenters. The van der Waals surface area contributed by atoms with Crippen molar-refractivity contribution in [3.63, 3.8) is 0 Å². The number of nitrogens with zero attached hydrogens (tertiary/aromatic N) is 1. The van der Waals surface area contributed by atoms with Crippen LogP contribution in [0, 0.1) is 0 Å². The number of H-pyrrole nitrogens is 1. The van der Waals surface area contributed by atoms with Gasteiger partial charge in [0, 0.05) is 6.20 Å². The number of hydrogen-bond acceptors (Lipinski definition) is 5. The molecule has 0 fully saturated rings. The number of fused-ring (bicyclic) bond motifs is 1. The average Bonchev–Trinajstić information content (AvgIpc) is 2.40. The SMILES string of the molecule is CCOC(=O)c1c[nH]c2c(OCC)nc(Br)cc2c1=O. The second-order valence-corrected chi connectivity index (χ2v) is 4.67. The van der Waals surface area contributed by atoms with Crippen molar-refractivity contribution in [1.82, 2.24) is 9.97 Å². The van der Waals surface area contributed by atoms with Gasteiger partial charge in [-0.25, -0.2) is 9.78 Å².